The Kier molecular flexibility index (Phi) is 4.09. The van der Waals surface area contributed by atoms with Gasteiger partial charge in [-0.05, 0) is 12.1 Å². The third-order valence-electron chi connectivity index (χ3n) is 3.22. The van der Waals surface area contributed by atoms with Crippen LogP contribution >= 0.6 is 11.3 Å². The highest BCUT2D eigenvalue weighted by Gasteiger charge is 2.06. The Hall–Kier alpha value is -1.41. The molecular weight excluding hydrogens is 254 g/mol. The molecule has 3 rings (SSSR count). The molecule has 0 spiro atoms. The van der Waals surface area contributed by atoms with Crippen LogP contribution in [0.15, 0.2) is 24.3 Å². The molecule has 2 aromatic rings. The molecule has 1 aromatic heterocycles. The Bertz CT molecular complexity index is 569. The Morgan fingerprint density at radius 2 is 2.05 bits per heavy atom. The first-order valence-electron chi connectivity index (χ1n) is 6.65. The number of aromatic nitrogens is 1. The standard InChI is InChI=1S/C15H17N3S/c1-2-6-14-13(5-1)17-15(19-14)7-3-4-10-18-11-8-16-9-12-18/h1-2,5-6,16H,7-12H2. The first kappa shape index (κ1) is 12.6. The number of para-hydroxylation sites is 1. The second kappa shape index (κ2) is 6.16. The maximum absolute atomic E-state index is 4.59. The molecule has 0 amide bonds. The number of hydrogen-bond donors (Lipinski definition) is 1. The monoisotopic (exact) mass is 271 g/mol. The lowest BCUT2D eigenvalue weighted by atomic mass is 10.3. The zero-order valence-corrected chi connectivity index (χ0v) is 11.7. The number of hydrogen-bond acceptors (Lipinski definition) is 4. The normalized spacial score (nSPS) is 16.2. The molecule has 1 saturated heterocycles. The van der Waals surface area contributed by atoms with Gasteiger partial charge in [-0.3, -0.25) is 4.90 Å². The molecule has 1 aliphatic heterocycles. The smallest absolute Gasteiger partial charge is 0.106 e. The molecule has 98 valence electrons. The second-order valence-electron chi connectivity index (χ2n) is 4.63. The van der Waals surface area contributed by atoms with Gasteiger partial charge >= 0.3 is 0 Å². The zero-order chi connectivity index (χ0) is 12.9. The SMILES string of the molecule is C(#CCN1CCNCC1)Cc1nc2ccccc2s1. The number of nitrogens with zero attached hydrogens (tertiary/aromatic N) is 2. The van der Waals surface area contributed by atoms with E-state index >= 15 is 0 Å². The molecular formula is C15H17N3S. The van der Waals surface area contributed by atoms with Gasteiger partial charge < -0.3 is 5.32 Å². The van der Waals surface area contributed by atoms with Crippen molar-refractivity contribution in [2.24, 2.45) is 0 Å². The van der Waals surface area contributed by atoms with E-state index in [1.54, 1.807) is 11.3 Å². The third-order valence-corrected chi connectivity index (χ3v) is 4.25. The van der Waals surface area contributed by atoms with Crippen LogP contribution in [0.3, 0.4) is 0 Å². The lowest BCUT2D eigenvalue weighted by molar-refractivity contribution is 0.268. The van der Waals surface area contributed by atoms with Gasteiger partial charge in [-0.15, -0.1) is 11.3 Å². The first-order valence-corrected chi connectivity index (χ1v) is 7.47. The molecule has 1 aromatic carbocycles. The largest absolute Gasteiger partial charge is 0.314 e. The van der Waals surface area contributed by atoms with Crippen molar-refractivity contribution in [1.29, 1.82) is 0 Å². The molecule has 0 radical (unpaired) electrons. The average molecular weight is 271 g/mol. The van der Waals surface area contributed by atoms with Gasteiger partial charge in [0.15, 0.2) is 0 Å². The van der Waals surface area contributed by atoms with Gasteiger partial charge in [-0.2, -0.15) is 0 Å². The van der Waals surface area contributed by atoms with Crippen molar-refractivity contribution >= 4 is 21.6 Å². The van der Waals surface area contributed by atoms with Crippen molar-refractivity contribution in [3.05, 3.63) is 29.3 Å². The molecule has 1 fully saturated rings. The van der Waals surface area contributed by atoms with E-state index in [9.17, 15) is 0 Å². The van der Waals surface area contributed by atoms with E-state index in [1.807, 2.05) is 6.07 Å². The summed E-state index contributed by atoms with van der Waals surface area (Å²) in [5.41, 5.74) is 1.09. The molecule has 0 unspecified atom stereocenters. The van der Waals surface area contributed by atoms with Gasteiger partial charge in [-0.1, -0.05) is 24.0 Å². The Labute approximate surface area is 117 Å². The van der Waals surface area contributed by atoms with E-state index in [4.69, 9.17) is 0 Å². The van der Waals surface area contributed by atoms with Crippen LogP contribution in [0.4, 0.5) is 0 Å². The average Bonchev–Trinajstić information content (AvgIpc) is 2.87. The van der Waals surface area contributed by atoms with Gasteiger partial charge in [0.1, 0.15) is 5.01 Å². The molecule has 0 aliphatic carbocycles. The lowest BCUT2D eigenvalue weighted by Crippen LogP contribution is -2.43. The molecule has 19 heavy (non-hydrogen) atoms. The fourth-order valence-electron chi connectivity index (χ4n) is 2.17. The van der Waals surface area contributed by atoms with Gasteiger partial charge in [0, 0.05) is 26.2 Å². The van der Waals surface area contributed by atoms with Gasteiger partial charge in [0.2, 0.25) is 0 Å². The van der Waals surface area contributed by atoms with Crippen molar-refractivity contribution in [3.63, 3.8) is 0 Å². The summed E-state index contributed by atoms with van der Waals surface area (Å²) in [7, 11) is 0. The summed E-state index contributed by atoms with van der Waals surface area (Å²) in [4.78, 5) is 6.98. The number of piperazine rings is 1. The molecule has 0 atom stereocenters. The van der Waals surface area contributed by atoms with Crippen LogP contribution in [0.5, 0.6) is 0 Å². The number of thiazole rings is 1. The fourth-order valence-corrected chi connectivity index (χ4v) is 3.08. The maximum atomic E-state index is 4.59. The van der Waals surface area contributed by atoms with E-state index in [0.717, 1.165) is 49.7 Å². The van der Waals surface area contributed by atoms with Crippen LogP contribution < -0.4 is 5.32 Å². The van der Waals surface area contributed by atoms with Crippen LogP contribution in [-0.4, -0.2) is 42.6 Å². The Balaban J connectivity index is 1.56. The van der Waals surface area contributed by atoms with Crippen molar-refractivity contribution in [2.45, 2.75) is 6.42 Å². The zero-order valence-electron chi connectivity index (χ0n) is 10.9. The van der Waals surface area contributed by atoms with Gasteiger partial charge in [-0.25, -0.2) is 4.98 Å². The molecule has 1 aliphatic rings. The number of fused-ring (bicyclic) bond motifs is 1. The molecule has 0 saturated carbocycles. The van der Waals surface area contributed by atoms with E-state index in [2.05, 4.69) is 45.2 Å². The number of benzene rings is 1. The third kappa shape index (κ3) is 3.32. The van der Waals surface area contributed by atoms with Crippen LogP contribution in [0, 0.1) is 11.8 Å². The van der Waals surface area contributed by atoms with E-state index < -0.39 is 0 Å². The van der Waals surface area contributed by atoms with E-state index in [1.165, 1.54) is 4.70 Å². The number of nitrogens with one attached hydrogen (secondary N) is 1. The predicted molar refractivity (Wildman–Crippen MR) is 80.4 cm³/mol. The summed E-state index contributed by atoms with van der Waals surface area (Å²) in [6.07, 6.45) is 0.769. The Morgan fingerprint density at radius 3 is 2.89 bits per heavy atom. The molecule has 4 heteroatoms. The van der Waals surface area contributed by atoms with E-state index in [0.29, 0.717) is 0 Å². The predicted octanol–water partition coefficient (Wildman–Crippen LogP) is 1.75. The highest BCUT2D eigenvalue weighted by molar-refractivity contribution is 7.18. The maximum Gasteiger partial charge on any atom is 0.106 e. The first-order chi connectivity index (χ1) is 9.42. The summed E-state index contributed by atoms with van der Waals surface area (Å²) in [5.74, 6) is 6.51. The van der Waals surface area contributed by atoms with Crippen molar-refractivity contribution in [3.8, 4) is 11.8 Å². The van der Waals surface area contributed by atoms with Crippen LogP contribution in [0.2, 0.25) is 0 Å². The molecule has 3 nitrogen and oxygen atoms in total. The van der Waals surface area contributed by atoms with Crippen LogP contribution in [-0.2, 0) is 6.42 Å². The minimum atomic E-state index is 0.769. The topological polar surface area (TPSA) is 28.2 Å². The van der Waals surface area contributed by atoms with Crippen molar-refractivity contribution in [2.75, 3.05) is 32.7 Å². The summed E-state index contributed by atoms with van der Waals surface area (Å²) >= 11 is 1.75. The number of rotatable bonds is 2. The van der Waals surface area contributed by atoms with Crippen LogP contribution in [0.25, 0.3) is 10.2 Å². The molecule has 2 heterocycles. The fraction of sp³-hybridized carbons (Fsp3) is 0.400. The minimum Gasteiger partial charge on any atom is -0.314 e. The van der Waals surface area contributed by atoms with Gasteiger partial charge in [0.25, 0.3) is 0 Å². The quantitative estimate of drug-likeness (QED) is 0.844. The molecule has 1 N–H and O–H groups in total. The van der Waals surface area contributed by atoms with Gasteiger partial charge in [0.05, 0.1) is 23.2 Å². The summed E-state index contributed by atoms with van der Waals surface area (Å²) in [6.45, 7) is 5.26. The van der Waals surface area contributed by atoms with Crippen LogP contribution in [0.1, 0.15) is 5.01 Å². The summed E-state index contributed by atoms with van der Waals surface area (Å²) < 4.78 is 1.25. The highest BCUT2D eigenvalue weighted by Crippen LogP contribution is 2.21. The summed E-state index contributed by atoms with van der Waals surface area (Å²) in [6, 6.07) is 8.26. The highest BCUT2D eigenvalue weighted by atomic mass is 32.1. The lowest BCUT2D eigenvalue weighted by Gasteiger charge is -2.24. The van der Waals surface area contributed by atoms with Crippen molar-refractivity contribution in [1.82, 2.24) is 15.2 Å². The Morgan fingerprint density at radius 1 is 1.21 bits per heavy atom. The minimum absolute atomic E-state index is 0.769. The second-order valence-corrected chi connectivity index (χ2v) is 5.75. The summed E-state index contributed by atoms with van der Waals surface area (Å²) in [5, 5.41) is 4.47. The van der Waals surface area contributed by atoms with Crippen molar-refractivity contribution < 1.29 is 0 Å². The van der Waals surface area contributed by atoms with E-state index in [-0.39, 0.29) is 0 Å². The molecule has 0 bridgehead atoms.